The van der Waals surface area contributed by atoms with E-state index in [2.05, 4.69) is 10.2 Å². The lowest BCUT2D eigenvalue weighted by atomic mass is 9.94. The van der Waals surface area contributed by atoms with Gasteiger partial charge in [0.2, 0.25) is 5.91 Å². The second-order valence-electron chi connectivity index (χ2n) is 9.40. The molecule has 2 amide bonds. The third-order valence-corrected chi connectivity index (χ3v) is 7.33. The lowest BCUT2D eigenvalue weighted by Crippen LogP contribution is -2.58. The van der Waals surface area contributed by atoms with Crippen LogP contribution in [0.15, 0.2) is 48.5 Å². The Morgan fingerprint density at radius 3 is 2.29 bits per heavy atom. The minimum atomic E-state index is -0.131. The van der Waals surface area contributed by atoms with Gasteiger partial charge in [0.05, 0.1) is 20.3 Å². The van der Waals surface area contributed by atoms with Crippen molar-refractivity contribution in [2.45, 2.75) is 38.1 Å². The monoisotopic (exact) mass is 479 g/mol. The highest BCUT2D eigenvalue weighted by Crippen LogP contribution is 2.31. The number of piperazine rings is 1. The number of ether oxygens (including phenoxy) is 2. The molecule has 0 aromatic heterocycles. The van der Waals surface area contributed by atoms with Crippen LogP contribution in [0.2, 0.25) is 0 Å². The molecule has 1 atom stereocenters. The van der Waals surface area contributed by atoms with E-state index < -0.39 is 0 Å². The molecular formula is C28H37N3O4. The van der Waals surface area contributed by atoms with E-state index in [1.165, 1.54) is 12.8 Å². The number of hydrogen-bond acceptors (Lipinski definition) is 5. The Labute approximate surface area is 208 Å². The first-order valence-corrected chi connectivity index (χ1v) is 12.7. The first-order valence-electron chi connectivity index (χ1n) is 12.7. The van der Waals surface area contributed by atoms with Gasteiger partial charge in [-0.15, -0.1) is 0 Å². The molecule has 1 aliphatic carbocycles. The van der Waals surface area contributed by atoms with E-state index in [1.807, 2.05) is 53.4 Å². The first kappa shape index (κ1) is 25.0. The molecule has 2 aromatic carbocycles. The number of carbonyl (C=O) groups is 2. The molecule has 35 heavy (non-hydrogen) atoms. The van der Waals surface area contributed by atoms with Crippen molar-refractivity contribution >= 4 is 11.8 Å². The quantitative estimate of drug-likeness (QED) is 0.597. The van der Waals surface area contributed by atoms with Crippen molar-refractivity contribution in [3.05, 3.63) is 59.7 Å². The second kappa shape index (κ2) is 12.1. The summed E-state index contributed by atoms with van der Waals surface area (Å²) in [7, 11) is 3.29. The fourth-order valence-corrected chi connectivity index (χ4v) is 5.40. The van der Waals surface area contributed by atoms with Crippen LogP contribution in [-0.4, -0.2) is 74.6 Å². The summed E-state index contributed by atoms with van der Waals surface area (Å²) in [5, 5.41) is 3.20. The first-order chi connectivity index (χ1) is 17.1. The van der Waals surface area contributed by atoms with Crippen molar-refractivity contribution < 1.29 is 19.1 Å². The molecule has 0 unspecified atom stereocenters. The minimum Gasteiger partial charge on any atom is -0.497 e. The van der Waals surface area contributed by atoms with Gasteiger partial charge >= 0.3 is 0 Å². The Morgan fingerprint density at radius 2 is 1.63 bits per heavy atom. The van der Waals surface area contributed by atoms with Crippen LogP contribution >= 0.6 is 0 Å². The van der Waals surface area contributed by atoms with Crippen molar-refractivity contribution in [2.24, 2.45) is 5.92 Å². The normalized spacial score (nSPS) is 17.7. The van der Waals surface area contributed by atoms with Crippen molar-refractivity contribution in [3.8, 4) is 11.5 Å². The smallest absolute Gasteiger partial charge is 0.253 e. The fraction of sp³-hybridized carbons (Fsp3) is 0.500. The lowest BCUT2D eigenvalue weighted by Gasteiger charge is -2.40. The second-order valence-corrected chi connectivity index (χ2v) is 9.40. The Hall–Kier alpha value is -3.06. The van der Waals surface area contributed by atoms with Crippen LogP contribution in [-0.2, 0) is 11.2 Å². The van der Waals surface area contributed by atoms with E-state index in [9.17, 15) is 9.59 Å². The van der Waals surface area contributed by atoms with E-state index in [0.29, 0.717) is 44.2 Å². The zero-order chi connectivity index (χ0) is 24.6. The van der Waals surface area contributed by atoms with Gasteiger partial charge < -0.3 is 19.7 Å². The Bertz CT molecular complexity index is 980. The highest BCUT2D eigenvalue weighted by Gasteiger charge is 2.37. The number of amides is 2. The molecule has 0 radical (unpaired) electrons. The molecule has 0 spiro atoms. The SMILES string of the molecule is COc1ccc(C(=O)N2CCN([C@@H](C(=O)NCCc3ccccc3OC)C3CCCC3)CC2)cc1. The zero-order valence-corrected chi connectivity index (χ0v) is 20.9. The van der Waals surface area contributed by atoms with Gasteiger partial charge in [-0.05, 0) is 61.1 Å². The largest absolute Gasteiger partial charge is 0.497 e. The summed E-state index contributed by atoms with van der Waals surface area (Å²) in [4.78, 5) is 30.6. The van der Waals surface area contributed by atoms with Crippen molar-refractivity contribution in [2.75, 3.05) is 46.9 Å². The molecule has 2 aliphatic rings. The summed E-state index contributed by atoms with van der Waals surface area (Å²) in [6.07, 6.45) is 5.29. The van der Waals surface area contributed by atoms with Gasteiger partial charge in [0.1, 0.15) is 11.5 Å². The number of para-hydroxylation sites is 1. The number of carbonyl (C=O) groups excluding carboxylic acids is 2. The van der Waals surface area contributed by atoms with E-state index in [0.717, 1.165) is 36.3 Å². The highest BCUT2D eigenvalue weighted by molar-refractivity contribution is 5.94. The molecule has 1 heterocycles. The number of hydrogen-bond donors (Lipinski definition) is 1. The molecule has 0 bridgehead atoms. The zero-order valence-electron chi connectivity index (χ0n) is 20.9. The fourth-order valence-electron chi connectivity index (χ4n) is 5.40. The van der Waals surface area contributed by atoms with Crippen LogP contribution < -0.4 is 14.8 Å². The van der Waals surface area contributed by atoms with E-state index in [1.54, 1.807) is 14.2 Å². The number of methoxy groups -OCH3 is 2. The van der Waals surface area contributed by atoms with Crippen molar-refractivity contribution in [3.63, 3.8) is 0 Å². The van der Waals surface area contributed by atoms with Gasteiger partial charge in [0.25, 0.3) is 5.91 Å². The molecule has 188 valence electrons. The van der Waals surface area contributed by atoms with E-state index in [-0.39, 0.29) is 17.9 Å². The minimum absolute atomic E-state index is 0.0333. The molecule has 1 aliphatic heterocycles. The molecule has 1 saturated carbocycles. The lowest BCUT2D eigenvalue weighted by molar-refractivity contribution is -0.129. The predicted octanol–water partition coefficient (Wildman–Crippen LogP) is 3.38. The maximum absolute atomic E-state index is 13.4. The van der Waals surface area contributed by atoms with Crippen LogP contribution in [0.4, 0.5) is 0 Å². The molecular weight excluding hydrogens is 442 g/mol. The maximum atomic E-state index is 13.4. The molecule has 7 heteroatoms. The third-order valence-electron chi connectivity index (χ3n) is 7.33. The third kappa shape index (κ3) is 6.14. The standard InChI is InChI=1S/C28H37N3O4/c1-34-24-13-11-23(12-14-24)28(33)31-19-17-30(18-20-31)26(22-8-3-4-9-22)27(32)29-16-15-21-7-5-6-10-25(21)35-2/h5-7,10-14,22,26H,3-4,8-9,15-20H2,1-2H3,(H,29,32)/t26-/m1/s1. The number of nitrogens with zero attached hydrogens (tertiary/aromatic N) is 2. The maximum Gasteiger partial charge on any atom is 0.253 e. The van der Waals surface area contributed by atoms with Gasteiger partial charge in [0.15, 0.2) is 0 Å². The predicted molar refractivity (Wildman–Crippen MR) is 136 cm³/mol. The van der Waals surface area contributed by atoms with Gasteiger partial charge in [0, 0.05) is 38.3 Å². The molecule has 1 saturated heterocycles. The van der Waals surface area contributed by atoms with E-state index in [4.69, 9.17) is 9.47 Å². The summed E-state index contributed by atoms with van der Waals surface area (Å²) in [6.45, 7) is 3.26. The van der Waals surface area contributed by atoms with Crippen molar-refractivity contribution in [1.82, 2.24) is 15.1 Å². The number of nitrogens with one attached hydrogen (secondary N) is 1. The number of rotatable bonds is 9. The summed E-state index contributed by atoms with van der Waals surface area (Å²) < 4.78 is 10.6. The highest BCUT2D eigenvalue weighted by atomic mass is 16.5. The van der Waals surface area contributed by atoms with E-state index >= 15 is 0 Å². The molecule has 2 fully saturated rings. The average molecular weight is 480 g/mol. The van der Waals surface area contributed by atoms with Gasteiger partial charge in [-0.1, -0.05) is 31.0 Å². The van der Waals surface area contributed by atoms with Crippen LogP contribution in [0.5, 0.6) is 11.5 Å². The van der Waals surface area contributed by atoms with Crippen LogP contribution in [0.1, 0.15) is 41.6 Å². The Morgan fingerprint density at radius 1 is 0.943 bits per heavy atom. The molecule has 2 aromatic rings. The summed E-state index contributed by atoms with van der Waals surface area (Å²) in [5.74, 6) is 2.12. The topological polar surface area (TPSA) is 71.1 Å². The summed E-state index contributed by atoms with van der Waals surface area (Å²) in [5.41, 5.74) is 1.76. The molecule has 7 nitrogen and oxygen atoms in total. The number of benzene rings is 2. The van der Waals surface area contributed by atoms with Crippen molar-refractivity contribution in [1.29, 1.82) is 0 Å². The van der Waals surface area contributed by atoms with Crippen LogP contribution in [0.25, 0.3) is 0 Å². The van der Waals surface area contributed by atoms with Gasteiger partial charge in [-0.2, -0.15) is 0 Å². The molecule has 1 N–H and O–H groups in total. The summed E-state index contributed by atoms with van der Waals surface area (Å²) >= 11 is 0. The Balaban J connectivity index is 1.34. The summed E-state index contributed by atoms with van der Waals surface area (Å²) in [6, 6.07) is 15.1. The average Bonchev–Trinajstić information content (AvgIpc) is 3.43. The van der Waals surface area contributed by atoms with Gasteiger partial charge in [-0.3, -0.25) is 14.5 Å². The molecule has 4 rings (SSSR count). The van der Waals surface area contributed by atoms with Crippen LogP contribution in [0, 0.1) is 5.92 Å². The Kier molecular flexibility index (Phi) is 8.64. The van der Waals surface area contributed by atoms with Crippen LogP contribution in [0.3, 0.4) is 0 Å². The van der Waals surface area contributed by atoms with Gasteiger partial charge in [-0.25, -0.2) is 0 Å².